The van der Waals surface area contributed by atoms with Crippen LogP contribution in [0.1, 0.15) is 23.4 Å². The third kappa shape index (κ3) is 3.12. The van der Waals surface area contributed by atoms with Crippen molar-refractivity contribution in [2.45, 2.75) is 19.0 Å². The Morgan fingerprint density at radius 3 is 2.42 bits per heavy atom. The molecule has 0 N–H and O–H groups in total. The first kappa shape index (κ1) is 14.7. The number of rotatable bonds is 3. The number of pyridine rings is 1. The molecule has 0 amide bonds. The molecule has 19 heavy (non-hydrogen) atoms. The molecular weight excluding hydrogens is 277 g/mol. The number of aromatic nitrogens is 1. The van der Waals surface area contributed by atoms with Gasteiger partial charge in [0.1, 0.15) is 0 Å². The molecule has 0 aliphatic carbocycles. The van der Waals surface area contributed by atoms with Crippen LogP contribution in [0.4, 0.5) is 27.6 Å². The minimum Gasteiger partial charge on any atom is -0.258 e. The average molecular weight is 281 g/mol. The Morgan fingerprint density at radius 1 is 1.47 bits per heavy atom. The summed E-state index contributed by atoms with van der Waals surface area (Å²) in [4.78, 5) is 12.0. The van der Waals surface area contributed by atoms with Crippen molar-refractivity contribution in [2.75, 3.05) is 0 Å². The maximum atomic E-state index is 12.6. The summed E-state index contributed by atoms with van der Waals surface area (Å²) in [5.41, 5.74) is -5.34. The fraction of sp³-hybridized carbons (Fsp3) is 0.333. The van der Waals surface area contributed by atoms with E-state index in [0.717, 1.165) is 0 Å². The van der Waals surface area contributed by atoms with E-state index in [1.807, 2.05) is 0 Å². The summed E-state index contributed by atoms with van der Waals surface area (Å²) in [5.74, 6) is 0. The Morgan fingerprint density at radius 2 is 2.05 bits per heavy atom. The molecule has 0 saturated heterocycles. The highest BCUT2D eigenvalue weighted by molar-refractivity contribution is 5.43. The molecule has 0 aliphatic rings. The molecule has 0 aliphatic heterocycles. The Bertz CT molecular complexity index is 550. The Balaban J connectivity index is 3.61. The monoisotopic (exact) mass is 281 g/mol. The van der Waals surface area contributed by atoms with Gasteiger partial charge in [-0.15, -0.1) is 0 Å². The molecule has 1 aromatic rings. The minimum absolute atomic E-state index is 0.0266. The van der Waals surface area contributed by atoms with Crippen LogP contribution in [0.3, 0.4) is 0 Å². The molecule has 5 nitrogen and oxygen atoms in total. The maximum Gasteiger partial charge on any atom is 0.418 e. The summed E-state index contributed by atoms with van der Waals surface area (Å²) in [6.07, 6.45) is -9.32. The van der Waals surface area contributed by atoms with Gasteiger partial charge in [-0.1, -0.05) is 0 Å². The van der Waals surface area contributed by atoms with Crippen molar-refractivity contribution < 1.29 is 26.9 Å². The van der Waals surface area contributed by atoms with E-state index < -0.39 is 46.6 Å². The van der Waals surface area contributed by atoms with Crippen LogP contribution >= 0.6 is 0 Å². The Labute approximate surface area is 102 Å². The second-order valence-electron chi connectivity index (χ2n) is 3.28. The molecule has 102 valence electrons. The van der Waals surface area contributed by atoms with E-state index in [1.165, 1.54) is 6.07 Å². The van der Waals surface area contributed by atoms with Crippen LogP contribution in [0.15, 0.2) is 6.07 Å². The number of nitro groups is 1. The number of nitrogens with zero attached hydrogens (tertiary/aromatic N) is 3. The Kier molecular flexibility index (Phi) is 3.98. The van der Waals surface area contributed by atoms with Crippen LogP contribution in [0.5, 0.6) is 0 Å². The van der Waals surface area contributed by atoms with Crippen LogP contribution in [-0.2, 0) is 12.6 Å². The van der Waals surface area contributed by atoms with Gasteiger partial charge in [0.2, 0.25) is 0 Å². The number of alkyl halides is 5. The first-order valence-corrected chi connectivity index (χ1v) is 4.59. The van der Waals surface area contributed by atoms with E-state index in [4.69, 9.17) is 5.26 Å². The van der Waals surface area contributed by atoms with Crippen molar-refractivity contribution in [2.24, 2.45) is 0 Å². The summed E-state index contributed by atoms with van der Waals surface area (Å²) in [6, 6.07) is 1.31. The summed E-state index contributed by atoms with van der Waals surface area (Å²) < 4.78 is 62.8. The lowest BCUT2D eigenvalue weighted by molar-refractivity contribution is -0.386. The highest BCUT2D eigenvalue weighted by Crippen LogP contribution is 2.37. The van der Waals surface area contributed by atoms with Crippen molar-refractivity contribution in [3.63, 3.8) is 0 Å². The summed E-state index contributed by atoms with van der Waals surface area (Å²) in [6.45, 7) is 0. The van der Waals surface area contributed by atoms with E-state index in [9.17, 15) is 32.1 Å². The van der Waals surface area contributed by atoms with E-state index in [0.29, 0.717) is 0 Å². The maximum absolute atomic E-state index is 12.6. The Hall–Kier alpha value is -2.31. The van der Waals surface area contributed by atoms with E-state index in [1.54, 1.807) is 0 Å². The molecule has 0 fully saturated rings. The first-order valence-electron chi connectivity index (χ1n) is 4.59. The topological polar surface area (TPSA) is 79.8 Å². The largest absolute Gasteiger partial charge is 0.418 e. The van der Waals surface area contributed by atoms with Crippen molar-refractivity contribution in [3.8, 4) is 6.07 Å². The molecule has 0 bridgehead atoms. The van der Waals surface area contributed by atoms with Crippen molar-refractivity contribution >= 4 is 5.69 Å². The minimum atomic E-state index is -5.02. The van der Waals surface area contributed by atoms with Gasteiger partial charge in [0.05, 0.1) is 28.7 Å². The second-order valence-corrected chi connectivity index (χ2v) is 3.28. The highest BCUT2D eigenvalue weighted by atomic mass is 19.4. The van der Waals surface area contributed by atoms with Gasteiger partial charge >= 0.3 is 6.18 Å². The van der Waals surface area contributed by atoms with Crippen molar-refractivity contribution in [3.05, 3.63) is 33.1 Å². The number of hydrogen-bond donors (Lipinski definition) is 0. The van der Waals surface area contributed by atoms with Crippen LogP contribution in [-0.4, -0.2) is 9.91 Å². The van der Waals surface area contributed by atoms with Gasteiger partial charge < -0.3 is 0 Å². The SMILES string of the molecule is N#CCc1nc(C(F)F)c([N+](=O)[O-])cc1C(F)(F)F. The molecule has 0 aromatic carbocycles. The second kappa shape index (κ2) is 5.13. The fourth-order valence-corrected chi connectivity index (χ4v) is 1.32. The smallest absolute Gasteiger partial charge is 0.258 e. The van der Waals surface area contributed by atoms with Crippen LogP contribution in [0, 0.1) is 21.4 Å². The first-order chi connectivity index (χ1) is 8.68. The predicted octanol–water partition coefficient (Wildman–Crippen LogP) is 3.01. The van der Waals surface area contributed by atoms with Crippen molar-refractivity contribution in [1.82, 2.24) is 4.98 Å². The molecule has 0 radical (unpaired) electrons. The standard InChI is InChI=1S/C9H4F5N3O2/c10-8(11)7-6(17(18)19)3-4(9(12,13)14)5(16-7)1-2-15/h3,8H,1H2. The van der Waals surface area contributed by atoms with Gasteiger partial charge in [0.15, 0.2) is 5.69 Å². The molecule has 0 spiro atoms. The summed E-state index contributed by atoms with van der Waals surface area (Å²) in [7, 11) is 0. The molecule has 0 atom stereocenters. The van der Waals surface area contributed by atoms with Gasteiger partial charge in [-0.2, -0.15) is 18.4 Å². The van der Waals surface area contributed by atoms with Crippen LogP contribution < -0.4 is 0 Å². The van der Waals surface area contributed by atoms with Gasteiger partial charge in [-0.3, -0.25) is 10.1 Å². The van der Waals surface area contributed by atoms with E-state index in [2.05, 4.69) is 4.98 Å². The third-order valence-electron chi connectivity index (χ3n) is 2.07. The van der Waals surface area contributed by atoms with Gasteiger partial charge in [0, 0.05) is 6.07 Å². The number of nitriles is 1. The molecule has 1 rings (SSSR count). The zero-order valence-corrected chi connectivity index (χ0v) is 8.91. The van der Waals surface area contributed by atoms with Crippen LogP contribution in [0.25, 0.3) is 0 Å². The lowest BCUT2D eigenvalue weighted by atomic mass is 10.1. The lowest BCUT2D eigenvalue weighted by Crippen LogP contribution is -2.14. The molecular formula is C9H4F5N3O2. The summed E-state index contributed by atoms with van der Waals surface area (Å²) >= 11 is 0. The van der Waals surface area contributed by atoms with Crippen LogP contribution in [0.2, 0.25) is 0 Å². The fourth-order valence-electron chi connectivity index (χ4n) is 1.32. The van der Waals surface area contributed by atoms with Crippen molar-refractivity contribution in [1.29, 1.82) is 5.26 Å². The molecule has 1 aromatic heterocycles. The van der Waals surface area contributed by atoms with Gasteiger partial charge in [0.25, 0.3) is 12.1 Å². The third-order valence-corrected chi connectivity index (χ3v) is 2.07. The molecule has 0 unspecified atom stereocenters. The molecule has 10 heteroatoms. The highest BCUT2D eigenvalue weighted by Gasteiger charge is 2.38. The van der Waals surface area contributed by atoms with Gasteiger partial charge in [-0.05, 0) is 0 Å². The van der Waals surface area contributed by atoms with E-state index >= 15 is 0 Å². The zero-order chi connectivity index (χ0) is 14.8. The lowest BCUT2D eigenvalue weighted by Gasteiger charge is -2.12. The quantitative estimate of drug-likeness (QED) is 0.484. The molecule has 1 heterocycles. The normalized spacial score (nSPS) is 11.4. The summed E-state index contributed by atoms with van der Waals surface area (Å²) in [5, 5.41) is 18.8. The van der Waals surface area contributed by atoms with E-state index in [-0.39, 0.29) is 6.07 Å². The number of halogens is 5. The molecule has 0 saturated carbocycles. The average Bonchev–Trinajstić information content (AvgIpc) is 2.26. The zero-order valence-electron chi connectivity index (χ0n) is 8.91. The van der Waals surface area contributed by atoms with Gasteiger partial charge in [-0.25, -0.2) is 13.8 Å². The number of hydrogen-bond acceptors (Lipinski definition) is 4. The predicted molar refractivity (Wildman–Crippen MR) is 50.2 cm³/mol.